The molecule has 0 saturated heterocycles. The molecule has 0 unspecified atom stereocenters. The number of nitrogens with one attached hydrogen (secondary N) is 1. The first kappa shape index (κ1) is 19.4. The number of ether oxygens (including phenoxy) is 2. The SMILES string of the molecule is COc1ccc(NC(=O)CCn2cnc3sc4c(c3c2=O)CCCC4)cc1OC. The third-order valence-electron chi connectivity index (χ3n) is 5.19. The van der Waals surface area contributed by atoms with Crippen LogP contribution in [0.25, 0.3) is 10.2 Å². The number of methoxy groups -OCH3 is 2. The molecule has 2 aromatic heterocycles. The molecule has 1 aromatic carbocycles. The Morgan fingerprint density at radius 1 is 1.21 bits per heavy atom. The van der Waals surface area contributed by atoms with Crippen LogP contribution in [0.4, 0.5) is 5.69 Å². The first-order valence-electron chi connectivity index (χ1n) is 9.62. The number of hydrogen-bond donors (Lipinski definition) is 1. The van der Waals surface area contributed by atoms with Crippen molar-refractivity contribution in [3.63, 3.8) is 0 Å². The lowest BCUT2D eigenvalue weighted by Gasteiger charge is -2.11. The zero-order chi connectivity index (χ0) is 20.4. The number of carbonyl (C=O) groups excluding carboxylic acids is 1. The number of carbonyl (C=O) groups is 1. The fraction of sp³-hybridized carbons (Fsp3) is 0.381. The van der Waals surface area contributed by atoms with Gasteiger partial charge in [0.1, 0.15) is 4.83 Å². The minimum Gasteiger partial charge on any atom is -0.493 e. The molecule has 1 amide bonds. The summed E-state index contributed by atoms with van der Waals surface area (Å²) in [6.07, 6.45) is 5.98. The number of fused-ring (bicyclic) bond motifs is 3. The lowest BCUT2D eigenvalue weighted by atomic mass is 9.97. The van der Waals surface area contributed by atoms with E-state index in [1.165, 1.54) is 15.9 Å². The Labute approximate surface area is 172 Å². The molecule has 2 heterocycles. The summed E-state index contributed by atoms with van der Waals surface area (Å²) >= 11 is 1.63. The van der Waals surface area contributed by atoms with Crippen LogP contribution in [0.2, 0.25) is 0 Å². The second kappa shape index (κ2) is 8.24. The van der Waals surface area contributed by atoms with Gasteiger partial charge in [0.25, 0.3) is 5.56 Å². The number of anilines is 1. The van der Waals surface area contributed by atoms with Crippen molar-refractivity contribution >= 4 is 33.1 Å². The lowest BCUT2D eigenvalue weighted by molar-refractivity contribution is -0.116. The Morgan fingerprint density at radius 3 is 2.79 bits per heavy atom. The maximum absolute atomic E-state index is 13.0. The van der Waals surface area contributed by atoms with Crippen LogP contribution in [0.5, 0.6) is 11.5 Å². The number of nitrogens with zero attached hydrogens (tertiary/aromatic N) is 2. The molecule has 0 saturated carbocycles. The van der Waals surface area contributed by atoms with Gasteiger partial charge in [0.05, 0.1) is 25.9 Å². The third kappa shape index (κ3) is 3.85. The van der Waals surface area contributed by atoms with E-state index in [2.05, 4.69) is 10.3 Å². The molecule has 1 N–H and O–H groups in total. The Morgan fingerprint density at radius 2 is 2.00 bits per heavy atom. The number of thiophene rings is 1. The van der Waals surface area contributed by atoms with Crippen molar-refractivity contribution in [1.82, 2.24) is 9.55 Å². The molecule has 4 rings (SSSR count). The highest BCUT2D eigenvalue weighted by Crippen LogP contribution is 2.33. The van der Waals surface area contributed by atoms with Gasteiger partial charge in [0.2, 0.25) is 5.91 Å². The van der Waals surface area contributed by atoms with E-state index >= 15 is 0 Å². The van der Waals surface area contributed by atoms with Gasteiger partial charge in [0.15, 0.2) is 11.5 Å². The molecule has 1 aliphatic carbocycles. The zero-order valence-electron chi connectivity index (χ0n) is 16.5. The molecule has 0 fully saturated rings. The molecular weight excluding hydrogens is 390 g/mol. The number of rotatable bonds is 6. The van der Waals surface area contributed by atoms with E-state index in [0.29, 0.717) is 17.2 Å². The highest BCUT2D eigenvalue weighted by molar-refractivity contribution is 7.18. The first-order chi connectivity index (χ1) is 14.1. The molecule has 7 nitrogen and oxygen atoms in total. The summed E-state index contributed by atoms with van der Waals surface area (Å²) in [6.45, 7) is 0.283. The van der Waals surface area contributed by atoms with Crippen LogP contribution in [-0.2, 0) is 24.2 Å². The molecular formula is C21H23N3O4S. The molecule has 152 valence electrons. The van der Waals surface area contributed by atoms with Crippen LogP contribution >= 0.6 is 11.3 Å². The van der Waals surface area contributed by atoms with Crippen LogP contribution in [0, 0.1) is 0 Å². The second-order valence-corrected chi connectivity index (χ2v) is 8.09. The molecule has 0 aliphatic heterocycles. The molecule has 8 heteroatoms. The van der Waals surface area contributed by atoms with Gasteiger partial charge in [-0.3, -0.25) is 14.2 Å². The monoisotopic (exact) mass is 413 g/mol. The topological polar surface area (TPSA) is 82.5 Å². The summed E-state index contributed by atoms with van der Waals surface area (Å²) in [5, 5.41) is 3.57. The molecule has 0 bridgehead atoms. The van der Waals surface area contributed by atoms with Crippen LogP contribution in [0.1, 0.15) is 29.7 Å². The van der Waals surface area contributed by atoms with E-state index in [9.17, 15) is 9.59 Å². The quantitative estimate of drug-likeness (QED) is 0.670. The number of aromatic nitrogens is 2. The molecule has 0 radical (unpaired) electrons. The minimum absolute atomic E-state index is 0.0479. The van der Waals surface area contributed by atoms with Gasteiger partial charge in [-0.15, -0.1) is 11.3 Å². The van der Waals surface area contributed by atoms with E-state index in [-0.39, 0.29) is 24.4 Å². The average Bonchev–Trinajstić information content (AvgIpc) is 3.12. The van der Waals surface area contributed by atoms with Gasteiger partial charge in [-0.1, -0.05) is 0 Å². The van der Waals surface area contributed by atoms with E-state index in [1.807, 2.05) is 0 Å². The van der Waals surface area contributed by atoms with E-state index < -0.39 is 0 Å². The number of benzene rings is 1. The highest BCUT2D eigenvalue weighted by Gasteiger charge is 2.20. The van der Waals surface area contributed by atoms with Crippen LogP contribution in [0.15, 0.2) is 29.3 Å². The van der Waals surface area contributed by atoms with Gasteiger partial charge in [-0.05, 0) is 43.4 Å². The van der Waals surface area contributed by atoms with Gasteiger partial charge in [-0.2, -0.15) is 0 Å². The molecule has 0 atom stereocenters. The maximum Gasteiger partial charge on any atom is 0.262 e. The van der Waals surface area contributed by atoms with E-state index in [4.69, 9.17) is 9.47 Å². The van der Waals surface area contributed by atoms with Gasteiger partial charge >= 0.3 is 0 Å². The molecule has 0 spiro atoms. The summed E-state index contributed by atoms with van der Waals surface area (Å²) in [7, 11) is 3.10. The van der Waals surface area contributed by atoms with Crippen molar-refractivity contribution in [1.29, 1.82) is 0 Å². The minimum atomic E-state index is -0.184. The molecule has 1 aliphatic rings. The standard InChI is InChI=1S/C21H23N3O4S/c1-27-15-8-7-13(11-16(15)28-2)23-18(25)9-10-24-12-22-20-19(21(24)26)14-5-3-4-6-17(14)29-20/h7-8,11-12H,3-6,9-10H2,1-2H3,(H,23,25). The maximum atomic E-state index is 13.0. The fourth-order valence-electron chi connectivity index (χ4n) is 3.70. The summed E-state index contributed by atoms with van der Waals surface area (Å²) in [6, 6.07) is 5.18. The van der Waals surface area contributed by atoms with E-state index in [0.717, 1.165) is 35.0 Å². The summed E-state index contributed by atoms with van der Waals surface area (Å²) in [4.78, 5) is 31.9. The predicted molar refractivity (Wildman–Crippen MR) is 113 cm³/mol. The lowest BCUT2D eigenvalue weighted by Crippen LogP contribution is -2.24. The third-order valence-corrected chi connectivity index (χ3v) is 6.39. The normalized spacial score (nSPS) is 13.2. The van der Waals surface area contributed by atoms with Crippen LogP contribution in [0.3, 0.4) is 0 Å². The molecule has 3 aromatic rings. The van der Waals surface area contributed by atoms with E-state index in [1.54, 1.807) is 50.1 Å². The zero-order valence-corrected chi connectivity index (χ0v) is 17.3. The summed E-state index contributed by atoms with van der Waals surface area (Å²) in [5.41, 5.74) is 1.73. The summed E-state index contributed by atoms with van der Waals surface area (Å²) < 4.78 is 12.0. The largest absolute Gasteiger partial charge is 0.493 e. The first-order valence-corrected chi connectivity index (χ1v) is 10.4. The molecule has 29 heavy (non-hydrogen) atoms. The second-order valence-electron chi connectivity index (χ2n) is 7.00. The van der Waals surface area contributed by atoms with Gasteiger partial charge in [0, 0.05) is 29.6 Å². The Bertz CT molecular complexity index is 1120. The Balaban J connectivity index is 1.47. The van der Waals surface area contributed by atoms with Gasteiger partial charge in [-0.25, -0.2) is 4.98 Å². The van der Waals surface area contributed by atoms with Crippen molar-refractivity contribution in [2.45, 2.75) is 38.6 Å². The van der Waals surface area contributed by atoms with Crippen molar-refractivity contribution in [2.24, 2.45) is 0 Å². The average molecular weight is 413 g/mol. The predicted octanol–water partition coefficient (Wildman–Crippen LogP) is 3.38. The Hall–Kier alpha value is -2.87. The fourth-order valence-corrected chi connectivity index (χ4v) is 4.92. The highest BCUT2D eigenvalue weighted by atomic mass is 32.1. The van der Waals surface area contributed by atoms with Crippen LogP contribution < -0.4 is 20.3 Å². The smallest absolute Gasteiger partial charge is 0.262 e. The number of aryl methyl sites for hydroxylation is 3. The number of amides is 1. The summed E-state index contributed by atoms with van der Waals surface area (Å²) in [5.74, 6) is 0.950. The van der Waals surface area contributed by atoms with Crippen LogP contribution in [-0.4, -0.2) is 29.7 Å². The number of hydrogen-bond acceptors (Lipinski definition) is 6. The van der Waals surface area contributed by atoms with Crippen molar-refractivity contribution in [3.8, 4) is 11.5 Å². The Kier molecular flexibility index (Phi) is 5.53. The van der Waals surface area contributed by atoms with Crippen molar-refractivity contribution in [3.05, 3.63) is 45.3 Å². The van der Waals surface area contributed by atoms with Crippen molar-refractivity contribution < 1.29 is 14.3 Å². The van der Waals surface area contributed by atoms with Crippen molar-refractivity contribution in [2.75, 3.05) is 19.5 Å². The van der Waals surface area contributed by atoms with Gasteiger partial charge < -0.3 is 14.8 Å².